The smallest absolute Gasteiger partial charge is 0.240 e. The van der Waals surface area contributed by atoms with Crippen molar-refractivity contribution in [3.8, 4) is 17.6 Å². The van der Waals surface area contributed by atoms with Gasteiger partial charge in [-0.15, -0.1) is 0 Å². The summed E-state index contributed by atoms with van der Waals surface area (Å²) in [7, 11) is 0. The summed E-state index contributed by atoms with van der Waals surface area (Å²) in [5, 5.41) is 15.3. The number of para-hydroxylation sites is 3. The van der Waals surface area contributed by atoms with E-state index in [0.717, 1.165) is 22.6 Å². The summed E-state index contributed by atoms with van der Waals surface area (Å²) in [6.07, 6.45) is 0. The molecule has 5 heteroatoms. The Hall–Kier alpha value is -3.00. The van der Waals surface area contributed by atoms with Crippen LogP contribution in [0.25, 0.3) is 0 Å². The summed E-state index contributed by atoms with van der Waals surface area (Å²) in [5.74, 6) is 1.23. The zero-order chi connectivity index (χ0) is 20.0. The topological polar surface area (TPSA) is 74.2 Å². The van der Waals surface area contributed by atoms with Gasteiger partial charge in [-0.2, -0.15) is 5.26 Å². The maximum atomic E-state index is 12.3. The maximum Gasteiger partial charge on any atom is 0.240 e. The second-order valence-corrected chi connectivity index (χ2v) is 7.19. The predicted molar refractivity (Wildman–Crippen MR) is 108 cm³/mol. The Morgan fingerprint density at radius 1 is 1.15 bits per heavy atom. The first kappa shape index (κ1) is 20.3. The fraction of sp³-hybridized carbons (Fsp3) is 0.364. The van der Waals surface area contributed by atoms with Gasteiger partial charge in [-0.3, -0.25) is 4.79 Å². The first-order valence-electron chi connectivity index (χ1n) is 9.06. The van der Waals surface area contributed by atoms with Gasteiger partial charge in [-0.05, 0) is 49.9 Å². The third-order valence-corrected chi connectivity index (χ3v) is 4.73. The molecule has 0 heterocycles. The molecule has 0 aromatic heterocycles. The Morgan fingerprint density at radius 3 is 2.37 bits per heavy atom. The van der Waals surface area contributed by atoms with E-state index < -0.39 is 5.54 Å². The lowest BCUT2D eigenvalue weighted by Gasteiger charge is -2.27. The molecule has 0 saturated carbocycles. The number of rotatable bonds is 7. The zero-order valence-electron chi connectivity index (χ0n) is 16.6. The first-order valence-corrected chi connectivity index (χ1v) is 9.06. The Labute approximate surface area is 161 Å². The fourth-order valence-corrected chi connectivity index (χ4v) is 2.58. The number of hydrogen-bond acceptors (Lipinski definition) is 4. The van der Waals surface area contributed by atoms with Crippen LogP contribution in [0, 0.1) is 31.1 Å². The molecule has 2 aromatic carbocycles. The van der Waals surface area contributed by atoms with Crippen molar-refractivity contribution in [1.29, 1.82) is 5.26 Å². The number of amides is 1. The molecule has 0 bridgehead atoms. The zero-order valence-corrected chi connectivity index (χ0v) is 16.6. The van der Waals surface area contributed by atoms with Gasteiger partial charge in [0.25, 0.3) is 0 Å². The summed E-state index contributed by atoms with van der Waals surface area (Å²) in [5.41, 5.74) is 1.92. The van der Waals surface area contributed by atoms with Gasteiger partial charge in [0, 0.05) is 0 Å². The molecule has 1 unspecified atom stereocenters. The van der Waals surface area contributed by atoms with Gasteiger partial charge in [0.05, 0.1) is 18.3 Å². The van der Waals surface area contributed by atoms with Crippen molar-refractivity contribution in [2.45, 2.75) is 40.2 Å². The third kappa shape index (κ3) is 5.01. The maximum absolute atomic E-state index is 12.3. The Morgan fingerprint density at radius 2 is 1.78 bits per heavy atom. The summed E-state index contributed by atoms with van der Waals surface area (Å²) in [4.78, 5) is 12.3. The van der Waals surface area contributed by atoms with Crippen molar-refractivity contribution in [2.75, 3.05) is 11.9 Å². The molecule has 0 spiro atoms. The summed E-state index contributed by atoms with van der Waals surface area (Å²) < 4.78 is 6.12. The van der Waals surface area contributed by atoms with Crippen LogP contribution in [0.15, 0.2) is 42.5 Å². The van der Waals surface area contributed by atoms with Crippen LogP contribution in [0.1, 0.15) is 31.9 Å². The SMILES string of the molecule is Cc1cccc(C)c1Oc1ccccc1NCC(=O)NC(C)(C#N)C(C)C. The van der Waals surface area contributed by atoms with E-state index in [0.29, 0.717) is 5.75 Å². The Balaban J connectivity index is 2.11. The molecule has 0 aliphatic rings. The van der Waals surface area contributed by atoms with Crippen molar-refractivity contribution in [2.24, 2.45) is 5.92 Å². The van der Waals surface area contributed by atoms with Gasteiger partial charge in [0.2, 0.25) is 5.91 Å². The lowest BCUT2D eigenvalue weighted by atomic mass is 9.90. The van der Waals surface area contributed by atoms with Gasteiger partial charge in [-0.1, -0.05) is 44.2 Å². The minimum Gasteiger partial charge on any atom is -0.455 e. The van der Waals surface area contributed by atoms with E-state index in [1.54, 1.807) is 6.92 Å². The molecular formula is C22H27N3O2. The normalized spacial score (nSPS) is 12.8. The number of benzene rings is 2. The summed E-state index contributed by atoms with van der Waals surface area (Å²) in [6.45, 7) is 9.60. The molecule has 2 N–H and O–H groups in total. The number of carbonyl (C=O) groups is 1. The van der Waals surface area contributed by atoms with E-state index in [-0.39, 0.29) is 18.4 Å². The highest BCUT2D eigenvalue weighted by Crippen LogP contribution is 2.33. The van der Waals surface area contributed by atoms with E-state index in [4.69, 9.17) is 4.74 Å². The van der Waals surface area contributed by atoms with Gasteiger partial charge in [0.15, 0.2) is 5.75 Å². The summed E-state index contributed by atoms with van der Waals surface area (Å²) >= 11 is 0. The molecule has 2 rings (SSSR count). The largest absolute Gasteiger partial charge is 0.455 e. The number of nitriles is 1. The van der Waals surface area contributed by atoms with Gasteiger partial charge in [0.1, 0.15) is 11.3 Å². The monoisotopic (exact) mass is 365 g/mol. The highest BCUT2D eigenvalue weighted by atomic mass is 16.5. The highest BCUT2D eigenvalue weighted by molar-refractivity contribution is 5.82. The van der Waals surface area contributed by atoms with E-state index in [2.05, 4.69) is 16.7 Å². The van der Waals surface area contributed by atoms with Crippen LogP contribution in [-0.2, 0) is 4.79 Å². The molecule has 142 valence electrons. The molecule has 27 heavy (non-hydrogen) atoms. The standard InChI is InChI=1S/C22H27N3O2/c1-15(2)22(5,14-23)25-20(26)13-24-18-11-6-7-12-19(18)27-21-16(3)9-8-10-17(21)4/h6-12,15,24H,13H2,1-5H3,(H,25,26). The van der Waals surface area contributed by atoms with Crippen molar-refractivity contribution in [3.05, 3.63) is 53.6 Å². The van der Waals surface area contributed by atoms with Gasteiger partial charge in [-0.25, -0.2) is 0 Å². The Bertz CT molecular complexity index is 835. The van der Waals surface area contributed by atoms with E-state index in [9.17, 15) is 10.1 Å². The van der Waals surface area contributed by atoms with Crippen LogP contribution in [-0.4, -0.2) is 18.0 Å². The molecule has 0 radical (unpaired) electrons. The van der Waals surface area contributed by atoms with Crippen molar-refractivity contribution in [3.63, 3.8) is 0 Å². The number of hydrogen-bond donors (Lipinski definition) is 2. The molecule has 0 aliphatic carbocycles. The third-order valence-electron chi connectivity index (χ3n) is 4.73. The average molecular weight is 365 g/mol. The van der Waals surface area contributed by atoms with Crippen LogP contribution >= 0.6 is 0 Å². The number of aryl methyl sites for hydroxylation is 2. The van der Waals surface area contributed by atoms with Gasteiger partial charge < -0.3 is 15.4 Å². The number of carbonyl (C=O) groups excluding carboxylic acids is 1. The fourth-order valence-electron chi connectivity index (χ4n) is 2.58. The molecular weight excluding hydrogens is 338 g/mol. The molecule has 0 aliphatic heterocycles. The number of anilines is 1. The van der Waals surface area contributed by atoms with Gasteiger partial charge >= 0.3 is 0 Å². The molecule has 0 saturated heterocycles. The molecule has 1 atom stereocenters. The second kappa shape index (κ2) is 8.59. The lowest BCUT2D eigenvalue weighted by molar-refractivity contribution is -0.121. The highest BCUT2D eigenvalue weighted by Gasteiger charge is 2.29. The second-order valence-electron chi connectivity index (χ2n) is 7.19. The first-order chi connectivity index (χ1) is 12.8. The molecule has 2 aromatic rings. The minimum atomic E-state index is -0.896. The Kier molecular flexibility index (Phi) is 6.46. The molecule has 5 nitrogen and oxygen atoms in total. The molecule has 0 fully saturated rings. The van der Waals surface area contributed by atoms with Crippen LogP contribution in [0.3, 0.4) is 0 Å². The lowest BCUT2D eigenvalue weighted by Crippen LogP contribution is -2.50. The van der Waals surface area contributed by atoms with Crippen LogP contribution in [0.5, 0.6) is 11.5 Å². The van der Waals surface area contributed by atoms with E-state index in [1.165, 1.54) is 0 Å². The number of nitrogens with one attached hydrogen (secondary N) is 2. The summed E-state index contributed by atoms with van der Waals surface area (Å²) in [6, 6.07) is 15.7. The van der Waals surface area contributed by atoms with Crippen LogP contribution < -0.4 is 15.4 Å². The van der Waals surface area contributed by atoms with Crippen molar-refractivity contribution < 1.29 is 9.53 Å². The van der Waals surface area contributed by atoms with Crippen molar-refractivity contribution in [1.82, 2.24) is 5.32 Å². The number of ether oxygens (including phenoxy) is 1. The molecule has 1 amide bonds. The van der Waals surface area contributed by atoms with E-state index in [1.807, 2.05) is 70.2 Å². The minimum absolute atomic E-state index is 0.00565. The van der Waals surface area contributed by atoms with Crippen LogP contribution in [0.2, 0.25) is 0 Å². The number of nitrogens with zero attached hydrogens (tertiary/aromatic N) is 1. The average Bonchev–Trinajstić information content (AvgIpc) is 2.63. The quantitative estimate of drug-likeness (QED) is 0.754. The van der Waals surface area contributed by atoms with Crippen molar-refractivity contribution >= 4 is 11.6 Å². The predicted octanol–water partition coefficient (Wildman–Crippen LogP) is 4.56. The van der Waals surface area contributed by atoms with E-state index >= 15 is 0 Å². The van der Waals surface area contributed by atoms with Crippen LogP contribution in [0.4, 0.5) is 5.69 Å².